The third-order valence-corrected chi connectivity index (χ3v) is 17.4. The number of primary amides is 1. The number of hydrogen-bond acceptors (Lipinski definition) is 8. The highest BCUT2D eigenvalue weighted by Gasteiger charge is 2.73. The fourth-order valence-electron chi connectivity index (χ4n) is 13.0. The van der Waals surface area contributed by atoms with Gasteiger partial charge in [0, 0.05) is 22.7 Å². The fraction of sp³-hybridized carbons (Fsp3) is 0.756. The highest BCUT2D eigenvalue weighted by Crippen LogP contribution is 2.75. The number of hydrogen-bond donors (Lipinski definition) is 3. The molecule has 1 aliphatic heterocycles. The van der Waals surface area contributed by atoms with E-state index < -0.39 is 34.2 Å². The van der Waals surface area contributed by atoms with E-state index in [1.54, 1.807) is 18.6 Å². The summed E-state index contributed by atoms with van der Waals surface area (Å²) in [4.78, 5) is 34.9. The second kappa shape index (κ2) is 13.4. The minimum absolute atomic E-state index is 0.162. The summed E-state index contributed by atoms with van der Waals surface area (Å²) in [6, 6.07) is 3.28. The van der Waals surface area contributed by atoms with Crippen molar-refractivity contribution in [3.05, 3.63) is 42.0 Å². The zero-order valence-electron chi connectivity index (χ0n) is 35.8. The molecule has 0 spiro atoms. The van der Waals surface area contributed by atoms with Crippen LogP contribution in [0.2, 0.25) is 0 Å². The number of aliphatic carboxylic acids is 1. The molecule has 11 nitrogen and oxygen atoms in total. The van der Waals surface area contributed by atoms with Crippen LogP contribution in [0.3, 0.4) is 0 Å². The Bertz CT molecular complexity index is 1900. The van der Waals surface area contributed by atoms with Gasteiger partial charge in [-0.05, 0) is 108 Å². The van der Waals surface area contributed by atoms with Crippen LogP contribution in [0.4, 0.5) is 0 Å². The molecule has 1 saturated heterocycles. The topological polar surface area (TPSA) is 168 Å². The Morgan fingerprint density at radius 2 is 1.77 bits per heavy atom. The van der Waals surface area contributed by atoms with Crippen molar-refractivity contribution in [1.29, 1.82) is 0 Å². The molecule has 3 saturated carbocycles. The molecule has 11 heteroatoms. The first-order valence-electron chi connectivity index (χ1n) is 21.1. The van der Waals surface area contributed by atoms with Gasteiger partial charge in [0.05, 0.1) is 37.9 Å². The molecule has 308 valence electrons. The van der Waals surface area contributed by atoms with Gasteiger partial charge in [-0.3, -0.25) is 14.6 Å². The molecule has 2 bridgehead atoms. The molecule has 1 amide bonds. The SMILES string of the molecule is CC(C)[C@@H](C)[C@@]1(C)CC[C@]2(C)[C@H]3CC[C@@H]4[C@@]5(C)COC[C@@]4(C3=CC[C@@]2(C)[C@@H]1C(=O)O)[C@@H](OC[C@](C)(N)C(C)(C)C)[C@H](n1ncnc1-c1ccnc(C(N)=O)c1)C5. The quantitative estimate of drug-likeness (QED) is 0.216. The third kappa shape index (κ3) is 5.78. The van der Waals surface area contributed by atoms with E-state index in [-0.39, 0.29) is 57.3 Å². The summed E-state index contributed by atoms with van der Waals surface area (Å²) in [5.41, 5.74) is 12.4. The largest absolute Gasteiger partial charge is 0.481 e. The van der Waals surface area contributed by atoms with E-state index in [1.807, 2.05) is 10.7 Å². The lowest BCUT2D eigenvalue weighted by molar-refractivity contribution is -0.255. The summed E-state index contributed by atoms with van der Waals surface area (Å²) < 4.78 is 16.2. The maximum Gasteiger partial charge on any atom is 0.307 e. The van der Waals surface area contributed by atoms with Gasteiger partial charge in [0.1, 0.15) is 12.0 Å². The smallest absolute Gasteiger partial charge is 0.307 e. The lowest BCUT2D eigenvalue weighted by atomic mass is 9.34. The second-order valence-corrected chi connectivity index (χ2v) is 21.4. The number of amides is 1. The molecule has 5 aliphatic rings. The molecule has 56 heavy (non-hydrogen) atoms. The Kier molecular flexibility index (Phi) is 9.85. The van der Waals surface area contributed by atoms with Crippen LogP contribution in [0.25, 0.3) is 11.4 Å². The molecular weight excluding hydrogens is 705 g/mol. The van der Waals surface area contributed by atoms with Crippen molar-refractivity contribution in [1.82, 2.24) is 19.7 Å². The van der Waals surface area contributed by atoms with Gasteiger partial charge in [0.15, 0.2) is 5.82 Å². The summed E-state index contributed by atoms with van der Waals surface area (Å²) in [5, 5.41) is 16.2. The first-order valence-corrected chi connectivity index (χ1v) is 21.1. The molecule has 2 aromatic rings. The Morgan fingerprint density at radius 1 is 1.05 bits per heavy atom. The van der Waals surface area contributed by atoms with Crippen LogP contribution < -0.4 is 11.5 Å². The second-order valence-electron chi connectivity index (χ2n) is 21.4. The highest BCUT2D eigenvalue weighted by atomic mass is 16.5. The van der Waals surface area contributed by atoms with Gasteiger partial charge in [-0.1, -0.05) is 80.9 Å². The molecule has 2 aromatic heterocycles. The molecule has 4 aliphatic carbocycles. The van der Waals surface area contributed by atoms with Crippen LogP contribution in [-0.4, -0.2) is 68.2 Å². The average Bonchev–Trinajstić information content (AvgIpc) is 3.60. The summed E-state index contributed by atoms with van der Waals surface area (Å²) in [6.45, 7) is 26.1. The standard InChI is InChI=1S/C45H68N6O5/c1-26(2)27(3)41(8)17-18-42(9)29-12-13-33-40(7)21-32(51-37(49-25-50-51)28-15-19-48-31(20-28)36(46)52)35(56-23-44(11,47)39(4,5)6)45(33,24-55-22-40)30(29)14-16-43(42,10)34(41)38(53)54/h14-15,19-20,25-27,29,32-35H,12-13,16-18,21-24,47H2,1-11H3,(H2,46,52)(H,53,54)/t27-,29+,32-,33-,34-,35+,40-,41-,42-,43+,44+,45+/m1/s1. The number of ether oxygens (including phenoxy) is 2. The Morgan fingerprint density at radius 3 is 2.41 bits per heavy atom. The lowest BCUT2D eigenvalue weighted by Crippen LogP contribution is -2.70. The minimum atomic E-state index is -0.664. The van der Waals surface area contributed by atoms with Crippen molar-refractivity contribution < 1.29 is 24.2 Å². The van der Waals surface area contributed by atoms with Crippen molar-refractivity contribution in [2.75, 3.05) is 19.8 Å². The average molecular weight is 773 g/mol. The van der Waals surface area contributed by atoms with E-state index in [1.165, 1.54) is 5.57 Å². The van der Waals surface area contributed by atoms with Crippen molar-refractivity contribution in [3.8, 4) is 11.4 Å². The Labute approximate surface area is 334 Å². The van der Waals surface area contributed by atoms with Crippen molar-refractivity contribution in [2.45, 2.75) is 132 Å². The van der Waals surface area contributed by atoms with Gasteiger partial charge >= 0.3 is 5.97 Å². The van der Waals surface area contributed by atoms with E-state index in [4.69, 9.17) is 31.0 Å². The van der Waals surface area contributed by atoms with Crippen LogP contribution >= 0.6 is 0 Å². The number of carbonyl (C=O) groups excluding carboxylic acids is 1. The summed E-state index contributed by atoms with van der Waals surface area (Å²) in [7, 11) is 0. The molecule has 12 atom stereocenters. The summed E-state index contributed by atoms with van der Waals surface area (Å²) in [6.07, 6.45) is 10.6. The number of nitrogens with two attached hydrogens (primary N) is 2. The van der Waals surface area contributed by atoms with E-state index >= 15 is 0 Å². The van der Waals surface area contributed by atoms with Gasteiger partial charge < -0.3 is 26.0 Å². The van der Waals surface area contributed by atoms with Crippen LogP contribution in [0.5, 0.6) is 0 Å². The van der Waals surface area contributed by atoms with E-state index in [0.717, 1.165) is 32.1 Å². The van der Waals surface area contributed by atoms with Gasteiger partial charge in [-0.2, -0.15) is 5.10 Å². The predicted molar refractivity (Wildman–Crippen MR) is 216 cm³/mol. The number of carboxylic acids is 1. The molecule has 7 rings (SSSR count). The maximum absolute atomic E-state index is 13.7. The van der Waals surface area contributed by atoms with Crippen LogP contribution in [0, 0.1) is 62.1 Å². The van der Waals surface area contributed by atoms with Gasteiger partial charge in [0.25, 0.3) is 5.91 Å². The van der Waals surface area contributed by atoms with Crippen LogP contribution in [0.1, 0.15) is 131 Å². The Balaban J connectivity index is 1.41. The first kappa shape index (κ1) is 41.0. The zero-order chi connectivity index (χ0) is 41.0. The molecule has 5 N–H and O–H groups in total. The Hall–Kier alpha value is -3.15. The van der Waals surface area contributed by atoms with Crippen molar-refractivity contribution >= 4 is 11.9 Å². The molecule has 3 heterocycles. The monoisotopic (exact) mass is 773 g/mol. The normalized spacial score (nSPS) is 39.7. The molecule has 0 aromatic carbocycles. The number of fused-ring (bicyclic) bond motifs is 3. The fourth-order valence-corrected chi connectivity index (χ4v) is 13.0. The predicted octanol–water partition coefficient (Wildman–Crippen LogP) is 7.72. The van der Waals surface area contributed by atoms with E-state index in [9.17, 15) is 14.7 Å². The van der Waals surface area contributed by atoms with Crippen LogP contribution in [0.15, 0.2) is 36.3 Å². The van der Waals surface area contributed by atoms with Crippen molar-refractivity contribution in [2.24, 2.45) is 73.5 Å². The third-order valence-electron chi connectivity index (χ3n) is 17.4. The lowest BCUT2D eigenvalue weighted by Gasteiger charge is -2.71. The van der Waals surface area contributed by atoms with Gasteiger partial charge in [0.2, 0.25) is 0 Å². The number of nitrogens with zero attached hydrogens (tertiary/aromatic N) is 4. The first-order chi connectivity index (χ1) is 26.0. The molecular formula is C45H68N6O5. The number of pyridine rings is 1. The van der Waals surface area contributed by atoms with Gasteiger partial charge in [-0.15, -0.1) is 0 Å². The summed E-state index contributed by atoms with van der Waals surface area (Å²) >= 11 is 0. The number of carboxylic acid groups (broad SMARTS) is 1. The maximum atomic E-state index is 13.7. The highest BCUT2D eigenvalue weighted by molar-refractivity contribution is 5.91. The number of aromatic nitrogens is 4. The van der Waals surface area contributed by atoms with E-state index in [0.29, 0.717) is 43.5 Å². The van der Waals surface area contributed by atoms with E-state index in [2.05, 4.69) is 87.2 Å². The van der Waals surface area contributed by atoms with Crippen molar-refractivity contribution in [3.63, 3.8) is 0 Å². The zero-order valence-corrected chi connectivity index (χ0v) is 35.8. The minimum Gasteiger partial charge on any atom is -0.481 e. The molecule has 0 radical (unpaired) electrons. The van der Waals surface area contributed by atoms with Crippen LogP contribution in [-0.2, 0) is 14.3 Å². The number of rotatable bonds is 9. The number of allylic oxidation sites excluding steroid dienone is 1. The molecule has 4 fully saturated rings. The van der Waals surface area contributed by atoms with Gasteiger partial charge in [-0.25, -0.2) is 9.67 Å². The number of carbonyl (C=O) groups is 2. The molecule has 0 unspecified atom stereocenters. The summed E-state index contributed by atoms with van der Waals surface area (Å²) in [5.74, 6) is -0.0455.